The SMILES string of the molecule is CC(C)(C)CNC(=NCc1cc(Br)ccc1F)Nc1ccccc1O. The van der Waals surface area contributed by atoms with Crippen LogP contribution in [0.1, 0.15) is 26.3 Å². The highest BCUT2D eigenvalue weighted by Crippen LogP contribution is 2.22. The van der Waals surface area contributed by atoms with Gasteiger partial charge in [0.25, 0.3) is 0 Å². The van der Waals surface area contributed by atoms with Crippen molar-refractivity contribution in [3.05, 3.63) is 58.3 Å². The van der Waals surface area contributed by atoms with E-state index in [1.165, 1.54) is 6.07 Å². The van der Waals surface area contributed by atoms with E-state index >= 15 is 0 Å². The molecule has 0 aliphatic carbocycles. The fourth-order valence-electron chi connectivity index (χ4n) is 2.02. The molecular weight excluding hydrogens is 385 g/mol. The van der Waals surface area contributed by atoms with Gasteiger partial charge in [0.1, 0.15) is 11.6 Å². The van der Waals surface area contributed by atoms with Gasteiger partial charge in [0, 0.05) is 16.6 Å². The van der Waals surface area contributed by atoms with Gasteiger partial charge in [-0.05, 0) is 35.7 Å². The van der Waals surface area contributed by atoms with E-state index in [9.17, 15) is 9.50 Å². The molecule has 0 unspecified atom stereocenters. The Labute approximate surface area is 156 Å². The Kier molecular flexibility index (Phi) is 6.42. The van der Waals surface area contributed by atoms with Crippen LogP contribution in [0.5, 0.6) is 5.75 Å². The molecule has 0 radical (unpaired) electrons. The molecule has 0 amide bonds. The van der Waals surface area contributed by atoms with E-state index in [0.29, 0.717) is 23.8 Å². The highest BCUT2D eigenvalue weighted by Gasteiger charge is 2.12. The average molecular weight is 408 g/mol. The molecule has 0 aromatic heterocycles. The maximum Gasteiger partial charge on any atom is 0.196 e. The molecule has 0 spiro atoms. The van der Waals surface area contributed by atoms with Crippen LogP contribution in [0.25, 0.3) is 0 Å². The normalized spacial score (nSPS) is 12.1. The number of halogens is 2. The third-order valence-corrected chi connectivity index (χ3v) is 3.85. The molecule has 0 atom stereocenters. The fourth-order valence-corrected chi connectivity index (χ4v) is 2.43. The number of aromatic hydroxyl groups is 1. The lowest BCUT2D eigenvalue weighted by Crippen LogP contribution is -2.37. The lowest BCUT2D eigenvalue weighted by molar-refractivity contribution is 0.408. The van der Waals surface area contributed by atoms with Gasteiger partial charge in [-0.1, -0.05) is 48.8 Å². The quantitative estimate of drug-likeness (QED) is 0.383. The van der Waals surface area contributed by atoms with Crippen LogP contribution in [0.4, 0.5) is 10.1 Å². The molecule has 3 N–H and O–H groups in total. The molecule has 0 saturated carbocycles. The zero-order chi connectivity index (χ0) is 18.4. The number of para-hydroxylation sites is 2. The summed E-state index contributed by atoms with van der Waals surface area (Å²) in [7, 11) is 0. The number of aliphatic imine (C=N–C) groups is 1. The average Bonchev–Trinajstić information content (AvgIpc) is 2.54. The van der Waals surface area contributed by atoms with Crippen molar-refractivity contribution in [2.45, 2.75) is 27.3 Å². The topological polar surface area (TPSA) is 56.7 Å². The molecule has 0 fully saturated rings. The molecule has 2 rings (SSSR count). The number of nitrogens with zero attached hydrogens (tertiary/aromatic N) is 1. The van der Waals surface area contributed by atoms with Crippen LogP contribution < -0.4 is 10.6 Å². The highest BCUT2D eigenvalue weighted by molar-refractivity contribution is 9.10. The van der Waals surface area contributed by atoms with E-state index in [1.807, 2.05) is 6.07 Å². The second-order valence-electron chi connectivity index (χ2n) is 6.96. The Bertz CT molecular complexity index is 757. The number of anilines is 1. The predicted octanol–water partition coefficient (Wildman–Crippen LogP) is 4.90. The van der Waals surface area contributed by atoms with Gasteiger partial charge >= 0.3 is 0 Å². The summed E-state index contributed by atoms with van der Waals surface area (Å²) in [6, 6.07) is 11.7. The first-order chi connectivity index (χ1) is 11.7. The molecule has 6 heteroatoms. The first kappa shape index (κ1) is 19.2. The van der Waals surface area contributed by atoms with Crippen molar-refractivity contribution >= 4 is 27.6 Å². The second kappa shape index (κ2) is 8.34. The first-order valence-electron chi connectivity index (χ1n) is 8.02. The van der Waals surface area contributed by atoms with Gasteiger partial charge in [-0.3, -0.25) is 0 Å². The number of benzene rings is 2. The zero-order valence-corrected chi connectivity index (χ0v) is 16.2. The Hall–Kier alpha value is -2.08. The van der Waals surface area contributed by atoms with E-state index in [2.05, 4.69) is 52.3 Å². The van der Waals surface area contributed by atoms with Crippen LogP contribution in [0.15, 0.2) is 51.9 Å². The van der Waals surface area contributed by atoms with Gasteiger partial charge in [0.05, 0.1) is 12.2 Å². The number of phenols is 1. The van der Waals surface area contributed by atoms with Gasteiger partial charge in [0.15, 0.2) is 5.96 Å². The first-order valence-corrected chi connectivity index (χ1v) is 8.81. The maximum absolute atomic E-state index is 13.9. The largest absolute Gasteiger partial charge is 0.506 e. The lowest BCUT2D eigenvalue weighted by Gasteiger charge is -2.21. The van der Waals surface area contributed by atoms with Gasteiger partial charge in [0.2, 0.25) is 0 Å². The third-order valence-electron chi connectivity index (χ3n) is 3.36. The van der Waals surface area contributed by atoms with Crippen LogP contribution in [-0.2, 0) is 6.54 Å². The molecule has 2 aromatic rings. The second-order valence-corrected chi connectivity index (χ2v) is 7.87. The Morgan fingerprint density at radius 1 is 1.20 bits per heavy atom. The van der Waals surface area contributed by atoms with E-state index in [1.54, 1.807) is 30.3 Å². The molecule has 0 aliphatic rings. The van der Waals surface area contributed by atoms with E-state index < -0.39 is 0 Å². The number of hydrogen-bond acceptors (Lipinski definition) is 2. The molecule has 0 heterocycles. The standard InChI is InChI=1S/C19H23BrFN3O/c1-19(2,3)12-23-18(24-16-6-4-5-7-17(16)25)22-11-13-10-14(20)8-9-15(13)21/h4-10,25H,11-12H2,1-3H3,(H2,22,23,24). The molecule has 134 valence electrons. The van der Waals surface area contributed by atoms with E-state index in [0.717, 1.165) is 4.47 Å². The molecule has 0 bridgehead atoms. The van der Waals surface area contributed by atoms with Gasteiger partial charge in [-0.25, -0.2) is 9.38 Å². The van der Waals surface area contributed by atoms with Crippen LogP contribution in [0, 0.1) is 11.2 Å². The minimum Gasteiger partial charge on any atom is -0.506 e. The van der Waals surface area contributed by atoms with Crippen molar-refractivity contribution in [1.29, 1.82) is 0 Å². The maximum atomic E-state index is 13.9. The minimum absolute atomic E-state index is 0.0439. The smallest absolute Gasteiger partial charge is 0.196 e. The molecule has 2 aromatic carbocycles. The highest BCUT2D eigenvalue weighted by atomic mass is 79.9. The molecule has 4 nitrogen and oxygen atoms in total. The van der Waals surface area contributed by atoms with Crippen molar-refractivity contribution in [3.8, 4) is 5.75 Å². The Morgan fingerprint density at radius 3 is 2.60 bits per heavy atom. The fraction of sp³-hybridized carbons (Fsp3) is 0.316. The minimum atomic E-state index is -0.301. The summed E-state index contributed by atoms with van der Waals surface area (Å²) < 4.78 is 14.7. The van der Waals surface area contributed by atoms with Crippen molar-refractivity contribution in [3.63, 3.8) is 0 Å². The number of phenolic OH excluding ortho intramolecular Hbond substituents is 1. The summed E-state index contributed by atoms with van der Waals surface area (Å²) in [6.07, 6.45) is 0. The van der Waals surface area contributed by atoms with Crippen LogP contribution in [0.2, 0.25) is 0 Å². The molecule has 25 heavy (non-hydrogen) atoms. The van der Waals surface area contributed by atoms with Gasteiger partial charge in [-0.2, -0.15) is 0 Å². The summed E-state index contributed by atoms with van der Waals surface area (Å²) in [5, 5.41) is 16.3. The lowest BCUT2D eigenvalue weighted by atomic mass is 9.97. The summed E-state index contributed by atoms with van der Waals surface area (Å²) >= 11 is 3.34. The summed E-state index contributed by atoms with van der Waals surface area (Å²) in [6.45, 7) is 7.16. The predicted molar refractivity (Wildman–Crippen MR) is 104 cm³/mol. The number of guanidine groups is 1. The molecule has 0 aliphatic heterocycles. The van der Waals surface area contributed by atoms with Gasteiger partial charge in [-0.15, -0.1) is 0 Å². The summed E-state index contributed by atoms with van der Waals surface area (Å²) in [5.41, 5.74) is 1.07. The van der Waals surface area contributed by atoms with Crippen LogP contribution >= 0.6 is 15.9 Å². The zero-order valence-electron chi connectivity index (χ0n) is 14.6. The Morgan fingerprint density at radius 2 is 1.92 bits per heavy atom. The number of hydrogen-bond donors (Lipinski definition) is 3. The molecule has 0 saturated heterocycles. The van der Waals surface area contributed by atoms with Crippen molar-refractivity contribution in [1.82, 2.24) is 5.32 Å². The summed E-state index contributed by atoms with van der Waals surface area (Å²) in [4.78, 5) is 4.46. The van der Waals surface area contributed by atoms with Crippen LogP contribution in [-0.4, -0.2) is 17.6 Å². The van der Waals surface area contributed by atoms with Crippen molar-refractivity contribution in [2.75, 3.05) is 11.9 Å². The third kappa shape index (κ3) is 6.38. The van der Waals surface area contributed by atoms with E-state index in [-0.39, 0.29) is 23.5 Å². The monoisotopic (exact) mass is 407 g/mol. The van der Waals surface area contributed by atoms with E-state index in [4.69, 9.17) is 0 Å². The number of nitrogens with one attached hydrogen (secondary N) is 2. The van der Waals surface area contributed by atoms with Gasteiger partial charge < -0.3 is 15.7 Å². The summed E-state index contributed by atoms with van der Waals surface area (Å²) in [5.74, 6) is 0.307. The molecular formula is C19H23BrFN3O. The van der Waals surface area contributed by atoms with Crippen molar-refractivity contribution in [2.24, 2.45) is 10.4 Å². The van der Waals surface area contributed by atoms with Crippen LogP contribution in [0.3, 0.4) is 0 Å². The Balaban J connectivity index is 2.20. The number of rotatable bonds is 4. The van der Waals surface area contributed by atoms with Crippen molar-refractivity contribution < 1.29 is 9.50 Å².